The van der Waals surface area contributed by atoms with E-state index >= 15 is 0 Å². The van der Waals surface area contributed by atoms with E-state index in [1.54, 1.807) is 11.3 Å². The van der Waals surface area contributed by atoms with Crippen LogP contribution in [0.5, 0.6) is 0 Å². The predicted molar refractivity (Wildman–Crippen MR) is 205 cm³/mol. The zero-order chi connectivity index (χ0) is 32.3. The van der Waals surface area contributed by atoms with Gasteiger partial charge in [-0.3, -0.25) is 0 Å². The third-order valence-electron chi connectivity index (χ3n) is 9.26. The summed E-state index contributed by atoms with van der Waals surface area (Å²) in [5, 5.41) is 5.34. The maximum atomic E-state index is 6.76. The van der Waals surface area contributed by atoms with Crippen molar-refractivity contribution in [1.82, 2.24) is 9.97 Å². The molecular weight excluding hydrogens is 619 g/mol. The van der Waals surface area contributed by atoms with Gasteiger partial charge in [-0.05, 0) is 53.9 Å². The van der Waals surface area contributed by atoms with Gasteiger partial charge in [0.05, 0.1) is 15.9 Å². The van der Waals surface area contributed by atoms with Gasteiger partial charge in [-0.15, -0.1) is 11.3 Å². The van der Waals surface area contributed by atoms with Crippen molar-refractivity contribution < 1.29 is 4.42 Å². The monoisotopic (exact) mass is 645 g/mol. The number of nitrogens with zero attached hydrogens (tertiary/aromatic N) is 3. The first-order valence-electron chi connectivity index (χ1n) is 16.3. The van der Waals surface area contributed by atoms with Gasteiger partial charge in [0.1, 0.15) is 11.2 Å². The maximum Gasteiger partial charge on any atom is 0.161 e. The third kappa shape index (κ3) is 4.51. The van der Waals surface area contributed by atoms with Gasteiger partial charge in [-0.1, -0.05) is 109 Å². The van der Waals surface area contributed by atoms with E-state index in [1.165, 1.54) is 4.70 Å². The lowest BCUT2D eigenvalue weighted by molar-refractivity contribution is 0.673. The Labute approximate surface area is 286 Å². The van der Waals surface area contributed by atoms with E-state index in [0.29, 0.717) is 5.82 Å². The van der Waals surface area contributed by atoms with E-state index in [1.807, 2.05) is 18.2 Å². The summed E-state index contributed by atoms with van der Waals surface area (Å²) in [6.45, 7) is 0. The Bertz CT molecular complexity index is 2790. The molecule has 0 saturated carbocycles. The van der Waals surface area contributed by atoms with E-state index in [2.05, 4.69) is 150 Å². The Kier molecular flexibility index (Phi) is 6.32. The first-order valence-corrected chi connectivity index (χ1v) is 17.2. The highest BCUT2D eigenvalue weighted by Gasteiger charge is 2.21. The smallest absolute Gasteiger partial charge is 0.161 e. The van der Waals surface area contributed by atoms with Crippen molar-refractivity contribution in [2.75, 3.05) is 4.90 Å². The zero-order valence-corrected chi connectivity index (χ0v) is 27.1. The molecule has 0 aliphatic rings. The van der Waals surface area contributed by atoms with Gasteiger partial charge in [0, 0.05) is 60.5 Å². The largest absolute Gasteiger partial charge is 0.455 e. The molecular formula is C44H27N3OS. The molecule has 0 aliphatic carbocycles. The molecule has 10 rings (SSSR count). The van der Waals surface area contributed by atoms with Crippen molar-refractivity contribution >= 4 is 81.4 Å². The summed E-state index contributed by atoms with van der Waals surface area (Å²) in [6, 6.07) is 57.0. The number of benzene rings is 7. The van der Waals surface area contributed by atoms with Crippen LogP contribution in [0.15, 0.2) is 168 Å². The fourth-order valence-electron chi connectivity index (χ4n) is 7.02. The number of para-hydroxylation sites is 2. The van der Waals surface area contributed by atoms with Crippen molar-refractivity contribution in [2.45, 2.75) is 0 Å². The van der Waals surface area contributed by atoms with Crippen LogP contribution in [0.3, 0.4) is 0 Å². The molecule has 10 aromatic rings. The molecule has 0 N–H and O–H groups in total. The minimum Gasteiger partial charge on any atom is -0.455 e. The molecule has 0 unspecified atom stereocenters. The predicted octanol–water partition coefficient (Wildman–Crippen LogP) is 12.7. The van der Waals surface area contributed by atoms with Crippen LogP contribution in [-0.2, 0) is 0 Å². The SMILES string of the molecule is c1ccc(-c2nc(-c3cc4c5ccc(N(c6ccccc6)c6ccccc6)cc5oc4c4ccccc34)nc3c2sc2ccccc23)cc1. The van der Waals surface area contributed by atoms with Crippen LogP contribution in [0.25, 0.3) is 75.7 Å². The Morgan fingerprint density at radius 3 is 1.86 bits per heavy atom. The number of aromatic nitrogens is 2. The molecule has 49 heavy (non-hydrogen) atoms. The molecule has 7 aromatic carbocycles. The molecule has 0 amide bonds. The summed E-state index contributed by atoms with van der Waals surface area (Å²) < 4.78 is 9.07. The second kappa shape index (κ2) is 11.2. The number of hydrogen-bond acceptors (Lipinski definition) is 5. The van der Waals surface area contributed by atoms with Gasteiger partial charge in [0.15, 0.2) is 5.82 Å². The van der Waals surface area contributed by atoms with Gasteiger partial charge in [0.25, 0.3) is 0 Å². The number of hydrogen-bond donors (Lipinski definition) is 0. The quantitative estimate of drug-likeness (QED) is 0.187. The molecule has 0 spiro atoms. The minimum absolute atomic E-state index is 0.707. The van der Waals surface area contributed by atoms with Gasteiger partial charge >= 0.3 is 0 Å². The molecule has 3 heterocycles. The van der Waals surface area contributed by atoms with Crippen molar-refractivity contribution in [3.8, 4) is 22.6 Å². The second-order valence-electron chi connectivity index (χ2n) is 12.2. The maximum absolute atomic E-state index is 6.76. The van der Waals surface area contributed by atoms with Crippen LogP contribution in [0.4, 0.5) is 17.1 Å². The van der Waals surface area contributed by atoms with Crippen LogP contribution in [-0.4, -0.2) is 9.97 Å². The van der Waals surface area contributed by atoms with Gasteiger partial charge < -0.3 is 9.32 Å². The van der Waals surface area contributed by atoms with Gasteiger partial charge in [-0.2, -0.15) is 0 Å². The standard InChI is InChI=1S/C44H27N3OS/c1-4-14-28(15-5-1)40-43-41(35-22-12-13-23-39(35)49-43)46-44(45-40)37-27-36-33-25-24-31(26-38(33)48-42(36)34-21-11-10-20-32(34)37)47(29-16-6-2-7-17-29)30-18-8-3-9-19-30/h1-27H. The minimum atomic E-state index is 0.707. The number of rotatable bonds is 5. The highest BCUT2D eigenvalue weighted by molar-refractivity contribution is 7.26. The third-order valence-corrected chi connectivity index (χ3v) is 10.4. The summed E-state index contributed by atoms with van der Waals surface area (Å²) in [7, 11) is 0. The number of anilines is 3. The number of thiophene rings is 1. The van der Waals surface area contributed by atoms with Gasteiger partial charge in [-0.25, -0.2) is 9.97 Å². The summed E-state index contributed by atoms with van der Waals surface area (Å²) in [5.41, 5.74) is 8.89. The zero-order valence-electron chi connectivity index (χ0n) is 26.2. The average molecular weight is 646 g/mol. The molecule has 4 nitrogen and oxygen atoms in total. The fraction of sp³-hybridized carbons (Fsp3) is 0. The van der Waals surface area contributed by atoms with Gasteiger partial charge in [0.2, 0.25) is 0 Å². The van der Waals surface area contributed by atoms with Crippen molar-refractivity contribution in [3.63, 3.8) is 0 Å². The Balaban J connectivity index is 1.22. The fourth-order valence-corrected chi connectivity index (χ4v) is 8.17. The molecule has 0 fully saturated rings. The molecule has 3 aromatic heterocycles. The lowest BCUT2D eigenvalue weighted by atomic mass is 9.99. The Hall–Kier alpha value is -6.30. The highest BCUT2D eigenvalue weighted by atomic mass is 32.1. The van der Waals surface area contributed by atoms with Crippen LogP contribution in [0, 0.1) is 0 Å². The summed E-state index contributed by atoms with van der Waals surface area (Å²) >= 11 is 1.75. The van der Waals surface area contributed by atoms with Crippen molar-refractivity contribution in [3.05, 3.63) is 164 Å². The van der Waals surface area contributed by atoms with Crippen LogP contribution in [0.1, 0.15) is 0 Å². The molecule has 230 valence electrons. The number of furan rings is 1. The Morgan fingerprint density at radius 2 is 1.12 bits per heavy atom. The van der Waals surface area contributed by atoms with Crippen LogP contribution in [0.2, 0.25) is 0 Å². The molecule has 0 aliphatic heterocycles. The average Bonchev–Trinajstić information content (AvgIpc) is 3.74. The molecule has 0 saturated heterocycles. The summed E-state index contributed by atoms with van der Waals surface area (Å²) in [6.07, 6.45) is 0. The molecule has 0 bridgehead atoms. The second-order valence-corrected chi connectivity index (χ2v) is 13.2. The molecule has 5 heteroatoms. The van der Waals surface area contributed by atoms with E-state index < -0.39 is 0 Å². The first kappa shape index (κ1) is 27.8. The van der Waals surface area contributed by atoms with Crippen LogP contribution < -0.4 is 4.90 Å². The van der Waals surface area contributed by atoms with E-state index in [0.717, 1.165) is 82.2 Å². The lowest BCUT2D eigenvalue weighted by Gasteiger charge is -2.25. The van der Waals surface area contributed by atoms with E-state index in [9.17, 15) is 0 Å². The molecule has 0 radical (unpaired) electrons. The lowest BCUT2D eigenvalue weighted by Crippen LogP contribution is -2.09. The Morgan fingerprint density at radius 1 is 0.490 bits per heavy atom. The van der Waals surface area contributed by atoms with Crippen LogP contribution >= 0.6 is 11.3 Å². The summed E-state index contributed by atoms with van der Waals surface area (Å²) in [5.74, 6) is 0.707. The normalized spacial score (nSPS) is 11.7. The van der Waals surface area contributed by atoms with E-state index in [4.69, 9.17) is 14.4 Å². The summed E-state index contributed by atoms with van der Waals surface area (Å²) in [4.78, 5) is 12.9. The highest BCUT2D eigenvalue weighted by Crippen LogP contribution is 2.44. The first-order chi connectivity index (χ1) is 24.3. The van der Waals surface area contributed by atoms with Crippen molar-refractivity contribution in [1.29, 1.82) is 0 Å². The van der Waals surface area contributed by atoms with E-state index in [-0.39, 0.29) is 0 Å². The topological polar surface area (TPSA) is 42.2 Å². The molecule has 0 atom stereocenters. The number of fused-ring (bicyclic) bond motifs is 8. The van der Waals surface area contributed by atoms with Crippen molar-refractivity contribution in [2.24, 2.45) is 0 Å².